The molecule has 1 unspecified atom stereocenters. The molecule has 2 aromatic carbocycles. The summed E-state index contributed by atoms with van der Waals surface area (Å²) in [6.07, 6.45) is 1.41. The third-order valence-electron chi connectivity index (χ3n) is 8.65. The molecule has 0 bridgehead atoms. The second kappa shape index (κ2) is 12.3. The van der Waals surface area contributed by atoms with Gasteiger partial charge in [0.15, 0.2) is 5.65 Å². The summed E-state index contributed by atoms with van der Waals surface area (Å²) in [5.74, 6) is 0.528. The maximum Gasteiger partial charge on any atom is 0.410 e. The van der Waals surface area contributed by atoms with E-state index in [4.69, 9.17) is 26.3 Å². The van der Waals surface area contributed by atoms with E-state index in [1.807, 2.05) is 65.0 Å². The Labute approximate surface area is 280 Å². The van der Waals surface area contributed by atoms with Crippen LogP contribution in [-0.2, 0) is 4.74 Å². The lowest BCUT2D eigenvalue weighted by Crippen LogP contribution is -2.55. The molecular weight excluding hydrogens is 612 g/mol. The molecule has 47 heavy (non-hydrogen) atoms. The number of hydrogen-bond donors (Lipinski definition) is 0. The Balaban J connectivity index is 1.59. The molecule has 1 atom stereocenters. The Morgan fingerprint density at radius 2 is 1.74 bits per heavy atom. The zero-order chi connectivity index (χ0) is 33.8. The fourth-order valence-corrected chi connectivity index (χ4v) is 6.74. The highest BCUT2D eigenvalue weighted by Gasteiger charge is 2.33. The first-order valence-corrected chi connectivity index (χ1v) is 16.5. The predicted molar refractivity (Wildman–Crippen MR) is 189 cm³/mol. The van der Waals surface area contributed by atoms with E-state index in [2.05, 4.69) is 48.9 Å². The summed E-state index contributed by atoms with van der Waals surface area (Å²) in [7, 11) is 0. The summed E-state index contributed by atoms with van der Waals surface area (Å²) in [6, 6.07) is 15.9. The minimum Gasteiger partial charge on any atom is -0.444 e. The molecule has 0 N–H and O–H groups in total. The molecule has 0 aliphatic carbocycles. The third-order valence-corrected chi connectivity index (χ3v) is 8.93. The highest BCUT2D eigenvalue weighted by Crippen LogP contribution is 2.38. The van der Waals surface area contributed by atoms with Crippen LogP contribution in [0.4, 0.5) is 10.6 Å². The molecule has 1 aliphatic heterocycles. The van der Waals surface area contributed by atoms with Crippen molar-refractivity contribution in [2.24, 2.45) is 0 Å². The van der Waals surface area contributed by atoms with Crippen molar-refractivity contribution in [3.8, 4) is 16.9 Å². The van der Waals surface area contributed by atoms with Crippen LogP contribution in [0, 0.1) is 13.8 Å². The van der Waals surface area contributed by atoms with E-state index in [1.165, 1.54) is 0 Å². The molecule has 0 radical (unpaired) electrons. The van der Waals surface area contributed by atoms with Crippen LogP contribution in [0.3, 0.4) is 0 Å². The lowest BCUT2D eigenvalue weighted by Gasteiger charge is -2.41. The zero-order valence-electron chi connectivity index (χ0n) is 28.3. The first kappa shape index (κ1) is 32.4. The second-order valence-corrected chi connectivity index (χ2v) is 14.1. The normalized spacial score (nSPS) is 15.6. The molecular formula is C37H41ClN6O3. The van der Waals surface area contributed by atoms with Crippen LogP contribution in [0.5, 0.6) is 0 Å². The van der Waals surface area contributed by atoms with Crippen LogP contribution >= 0.6 is 11.6 Å². The first-order valence-electron chi connectivity index (χ1n) is 16.1. The number of amides is 1. The molecule has 1 aliphatic rings. The number of hydrogen-bond acceptors (Lipinski definition) is 7. The quantitative estimate of drug-likeness (QED) is 0.195. The average molecular weight is 653 g/mol. The number of rotatable bonds is 4. The van der Waals surface area contributed by atoms with Gasteiger partial charge in [0, 0.05) is 37.4 Å². The van der Waals surface area contributed by atoms with Crippen LogP contribution in [0.1, 0.15) is 64.3 Å². The molecule has 1 amide bonds. The van der Waals surface area contributed by atoms with Gasteiger partial charge in [-0.3, -0.25) is 4.98 Å². The molecule has 5 aromatic rings. The van der Waals surface area contributed by atoms with Gasteiger partial charge >= 0.3 is 11.8 Å². The molecule has 6 rings (SSSR count). The molecule has 9 nitrogen and oxygen atoms in total. The van der Waals surface area contributed by atoms with Crippen LogP contribution in [0.25, 0.3) is 38.8 Å². The zero-order valence-corrected chi connectivity index (χ0v) is 29.0. The Morgan fingerprint density at radius 1 is 1.02 bits per heavy atom. The highest BCUT2D eigenvalue weighted by atomic mass is 35.5. The molecule has 0 spiro atoms. The summed E-state index contributed by atoms with van der Waals surface area (Å²) < 4.78 is 7.23. The number of fused-ring (bicyclic) bond motifs is 2. The summed E-state index contributed by atoms with van der Waals surface area (Å²) in [4.78, 5) is 45.6. The van der Waals surface area contributed by atoms with Crippen LogP contribution in [0.2, 0.25) is 5.02 Å². The largest absolute Gasteiger partial charge is 0.444 e. The van der Waals surface area contributed by atoms with Crippen molar-refractivity contribution in [3.63, 3.8) is 0 Å². The lowest BCUT2D eigenvalue weighted by atomic mass is 9.97. The maximum atomic E-state index is 14.3. The summed E-state index contributed by atoms with van der Waals surface area (Å²) in [6.45, 7) is 17.0. The van der Waals surface area contributed by atoms with Gasteiger partial charge in [0.2, 0.25) is 0 Å². The standard InChI is InChI=1S/C37H41ClN6O3/c1-21(2)30-32(23(4)15-16-39-30)44-34-27(19-28(38)31(40-34)26-14-10-13-25-12-9-11-22(3)29(25)26)33(41-35(44)45)43-18-17-42(20-24(43)5)36(46)47-37(6,7)8/h9-16,19,21,24H,17-18,20H2,1-8H3. The number of ether oxygens (including phenoxy) is 1. The van der Waals surface area contributed by atoms with Gasteiger partial charge in [-0.15, -0.1) is 0 Å². The fourth-order valence-electron chi connectivity index (χ4n) is 6.49. The number of aryl methyl sites for hydroxylation is 2. The number of anilines is 1. The monoisotopic (exact) mass is 652 g/mol. The van der Waals surface area contributed by atoms with Crippen molar-refractivity contribution in [2.75, 3.05) is 24.5 Å². The molecule has 1 saturated heterocycles. The number of carbonyl (C=O) groups is 1. The van der Waals surface area contributed by atoms with E-state index in [-0.39, 0.29) is 18.1 Å². The van der Waals surface area contributed by atoms with Gasteiger partial charge < -0.3 is 14.5 Å². The summed E-state index contributed by atoms with van der Waals surface area (Å²) in [5.41, 5.74) is 4.31. The van der Waals surface area contributed by atoms with Gasteiger partial charge in [-0.2, -0.15) is 4.98 Å². The van der Waals surface area contributed by atoms with E-state index in [9.17, 15) is 9.59 Å². The Kier molecular flexibility index (Phi) is 8.47. The SMILES string of the molecule is Cc1ccnc(C(C)C)c1-n1c(=O)nc(N2CCN(C(=O)OC(C)(C)C)CC2C)c2cc(Cl)c(-c3cccc4cccc(C)c34)nc21. The van der Waals surface area contributed by atoms with E-state index in [0.29, 0.717) is 52.9 Å². The number of halogens is 1. The van der Waals surface area contributed by atoms with Crippen molar-refractivity contribution >= 4 is 45.3 Å². The van der Waals surface area contributed by atoms with E-state index in [0.717, 1.165) is 33.2 Å². The van der Waals surface area contributed by atoms with E-state index < -0.39 is 11.3 Å². The average Bonchev–Trinajstić information content (AvgIpc) is 3.00. The fraction of sp³-hybridized carbons (Fsp3) is 0.378. The lowest BCUT2D eigenvalue weighted by molar-refractivity contribution is 0.0218. The van der Waals surface area contributed by atoms with Gasteiger partial charge in [0.1, 0.15) is 11.4 Å². The van der Waals surface area contributed by atoms with Crippen molar-refractivity contribution in [1.82, 2.24) is 24.4 Å². The van der Waals surface area contributed by atoms with Gasteiger partial charge in [0.25, 0.3) is 0 Å². The summed E-state index contributed by atoms with van der Waals surface area (Å²) >= 11 is 7.14. The number of pyridine rings is 2. The number of carbonyl (C=O) groups excluding carboxylic acids is 1. The highest BCUT2D eigenvalue weighted by molar-refractivity contribution is 6.34. The van der Waals surface area contributed by atoms with Crippen molar-refractivity contribution in [1.29, 1.82) is 0 Å². The van der Waals surface area contributed by atoms with Gasteiger partial charge in [-0.1, -0.05) is 61.8 Å². The van der Waals surface area contributed by atoms with Gasteiger partial charge in [0.05, 0.1) is 27.5 Å². The molecule has 1 fully saturated rings. The predicted octanol–water partition coefficient (Wildman–Crippen LogP) is 7.84. The smallest absolute Gasteiger partial charge is 0.410 e. The molecule has 4 heterocycles. The minimum atomic E-state index is -0.595. The second-order valence-electron chi connectivity index (χ2n) is 13.7. The first-order chi connectivity index (χ1) is 22.2. The molecule has 0 saturated carbocycles. The van der Waals surface area contributed by atoms with Gasteiger partial charge in [-0.05, 0) is 81.5 Å². The van der Waals surface area contributed by atoms with Crippen LogP contribution in [-0.4, -0.2) is 61.8 Å². The molecule has 10 heteroatoms. The molecule has 244 valence electrons. The topological polar surface area (TPSA) is 93.5 Å². The summed E-state index contributed by atoms with van der Waals surface area (Å²) in [5, 5.41) is 3.23. The van der Waals surface area contributed by atoms with Crippen molar-refractivity contribution < 1.29 is 9.53 Å². The number of piperazine rings is 1. The van der Waals surface area contributed by atoms with Crippen LogP contribution in [0.15, 0.2) is 59.5 Å². The van der Waals surface area contributed by atoms with Crippen LogP contribution < -0.4 is 10.6 Å². The Hall–Kier alpha value is -4.50. The number of nitrogens with zero attached hydrogens (tertiary/aromatic N) is 6. The number of aromatic nitrogens is 4. The number of benzene rings is 2. The van der Waals surface area contributed by atoms with Crippen molar-refractivity contribution in [2.45, 2.75) is 73.0 Å². The maximum absolute atomic E-state index is 14.3. The third kappa shape index (κ3) is 6.04. The molecule has 3 aromatic heterocycles. The Morgan fingerprint density at radius 3 is 2.43 bits per heavy atom. The Bertz CT molecular complexity index is 2080. The van der Waals surface area contributed by atoms with E-state index >= 15 is 0 Å². The van der Waals surface area contributed by atoms with Crippen molar-refractivity contribution in [3.05, 3.63) is 87.1 Å². The van der Waals surface area contributed by atoms with Gasteiger partial charge in [-0.25, -0.2) is 19.1 Å². The minimum absolute atomic E-state index is 0.0416. The van der Waals surface area contributed by atoms with E-state index in [1.54, 1.807) is 15.7 Å².